The van der Waals surface area contributed by atoms with Crippen LogP contribution < -0.4 is 34.7 Å². The average Bonchev–Trinajstić information content (AvgIpc) is 2.41. The van der Waals surface area contributed by atoms with Gasteiger partial charge < -0.3 is 30.0 Å². The van der Waals surface area contributed by atoms with Crippen LogP contribution in [0.15, 0.2) is 29.2 Å². The molecule has 1 heterocycles. The van der Waals surface area contributed by atoms with E-state index in [9.17, 15) is 25.2 Å². The monoisotopic (exact) mass is 322 g/mol. The first-order valence-electron chi connectivity index (χ1n) is 6.04. The van der Waals surface area contributed by atoms with E-state index in [1.807, 2.05) is 19.1 Å². The molecule has 0 spiro atoms. The Kier molecular flexibility index (Phi) is 7.15. The first-order valence-corrected chi connectivity index (χ1v) is 6.92. The molecular formula is C13H15NaO6S. The van der Waals surface area contributed by atoms with E-state index in [1.165, 1.54) is 0 Å². The minimum absolute atomic E-state index is 0. The Hall–Kier alpha value is -0.120. The van der Waals surface area contributed by atoms with E-state index in [-0.39, 0.29) is 29.6 Å². The molecule has 0 saturated carbocycles. The Morgan fingerprint density at radius 2 is 1.71 bits per heavy atom. The molecule has 1 aliphatic rings. The molecule has 0 aromatic heterocycles. The van der Waals surface area contributed by atoms with Gasteiger partial charge in [0.15, 0.2) is 0 Å². The van der Waals surface area contributed by atoms with Crippen LogP contribution in [0.4, 0.5) is 0 Å². The van der Waals surface area contributed by atoms with Crippen LogP contribution in [0.5, 0.6) is 0 Å². The Labute approximate surface area is 148 Å². The van der Waals surface area contributed by atoms with Crippen molar-refractivity contribution in [3.05, 3.63) is 29.8 Å². The average molecular weight is 322 g/mol. The predicted molar refractivity (Wildman–Crippen MR) is 68.7 cm³/mol. The summed E-state index contributed by atoms with van der Waals surface area (Å²) in [7, 11) is 0. The van der Waals surface area contributed by atoms with Crippen molar-refractivity contribution >= 4 is 17.7 Å². The Morgan fingerprint density at radius 3 is 2.24 bits per heavy atom. The van der Waals surface area contributed by atoms with Gasteiger partial charge >= 0.3 is 29.6 Å². The third-order valence-electron chi connectivity index (χ3n) is 3.08. The molecule has 0 unspecified atom stereocenters. The summed E-state index contributed by atoms with van der Waals surface area (Å²) in [6, 6.07) is 7.31. The topological polar surface area (TPSA) is 110 Å². The van der Waals surface area contributed by atoms with Crippen LogP contribution in [0.2, 0.25) is 0 Å². The number of carbonyl (C=O) groups excluding carboxylic acids is 1. The summed E-state index contributed by atoms with van der Waals surface area (Å²) in [4.78, 5) is 11.6. The third-order valence-corrected chi connectivity index (χ3v) is 4.24. The van der Waals surface area contributed by atoms with E-state index >= 15 is 0 Å². The summed E-state index contributed by atoms with van der Waals surface area (Å²) in [6.07, 6.45) is -6.39. The van der Waals surface area contributed by atoms with Gasteiger partial charge in [-0.25, -0.2) is 0 Å². The molecule has 8 heteroatoms. The van der Waals surface area contributed by atoms with E-state index in [0.717, 1.165) is 22.2 Å². The molecule has 5 atom stereocenters. The summed E-state index contributed by atoms with van der Waals surface area (Å²) < 4.78 is 5.12. The van der Waals surface area contributed by atoms with Crippen molar-refractivity contribution in [2.24, 2.45) is 0 Å². The molecule has 1 aromatic carbocycles. The maximum absolute atomic E-state index is 10.9. The van der Waals surface area contributed by atoms with Gasteiger partial charge in [0.05, 0.1) is 5.97 Å². The number of benzene rings is 1. The largest absolute Gasteiger partial charge is 1.00 e. The van der Waals surface area contributed by atoms with Gasteiger partial charge in [-0.3, -0.25) is 0 Å². The molecule has 1 aliphatic heterocycles. The minimum atomic E-state index is -1.72. The summed E-state index contributed by atoms with van der Waals surface area (Å²) in [6.45, 7) is 1.92. The fraction of sp³-hybridized carbons (Fsp3) is 0.462. The molecule has 0 radical (unpaired) electrons. The van der Waals surface area contributed by atoms with Crippen molar-refractivity contribution in [1.29, 1.82) is 0 Å². The van der Waals surface area contributed by atoms with Crippen molar-refractivity contribution in [2.75, 3.05) is 0 Å². The second-order valence-corrected chi connectivity index (χ2v) is 5.82. The van der Waals surface area contributed by atoms with Crippen molar-refractivity contribution < 1.29 is 59.5 Å². The molecule has 6 nitrogen and oxygen atoms in total. The Morgan fingerprint density at radius 1 is 1.14 bits per heavy atom. The van der Waals surface area contributed by atoms with Gasteiger partial charge in [-0.2, -0.15) is 0 Å². The van der Waals surface area contributed by atoms with Crippen LogP contribution in [0, 0.1) is 6.92 Å². The van der Waals surface area contributed by atoms with E-state index in [2.05, 4.69) is 0 Å². The van der Waals surface area contributed by atoms with Gasteiger partial charge in [-0.05, 0) is 19.1 Å². The third kappa shape index (κ3) is 4.43. The summed E-state index contributed by atoms with van der Waals surface area (Å²) in [5.74, 6) is -1.63. The second-order valence-electron chi connectivity index (χ2n) is 4.65. The Balaban J connectivity index is 0.00000220. The van der Waals surface area contributed by atoms with Gasteiger partial charge in [0.2, 0.25) is 0 Å². The fourth-order valence-corrected chi connectivity index (χ4v) is 2.93. The zero-order chi connectivity index (χ0) is 14.9. The van der Waals surface area contributed by atoms with Gasteiger partial charge in [-0.15, -0.1) is 0 Å². The number of aliphatic hydroxyl groups is 3. The van der Waals surface area contributed by atoms with E-state index in [4.69, 9.17) is 4.74 Å². The number of ether oxygens (including phenoxy) is 1. The normalized spacial score (nSPS) is 32.3. The minimum Gasteiger partial charge on any atom is -0.547 e. The molecule has 1 fully saturated rings. The standard InChI is InChI=1S/C13H16O6S.Na/c1-6-2-4-7(5-3-6)20-13-10(16)8(14)9(15)11(19-13)12(17)18;/h2-5,8-11,13-16H,1H3,(H,17,18);/q;+1/p-1/t8-,9-,10+,11-,13-;/m0./s1. The number of aliphatic hydroxyl groups excluding tert-OH is 3. The molecule has 1 aromatic rings. The van der Waals surface area contributed by atoms with Crippen molar-refractivity contribution in [3.8, 4) is 0 Å². The second kappa shape index (κ2) is 7.94. The SMILES string of the molecule is Cc1ccc(S[C@@H]2O[C@H](C(=O)[O-])[C@@H](O)[C@H](O)[C@H]2O)cc1.[Na+]. The first-order chi connectivity index (χ1) is 9.40. The van der Waals surface area contributed by atoms with E-state index < -0.39 is 35.8 Å². The summed E-state index contributed by atoms with van der Waals surface area (Å²) >= 11 is 1.07. The number of hydrogen-bond donors (Lipinski definition) is 3. The van der Waals surface area contributed by atoms with E-state index in [1.54, 1.807) is 12.1 Å². The van der Waals surface area contributed by atoms with Crippen LogP contribution in [0.25, 0.3) is 0 Å². The number of thioether (sulfide) groups is 1. The number of carboxylic acids is 1. The Bertz CT molecular complexity index is 482. The zero-order valence-electron chi connectivity index (χ0n) is 11.7. The quantitative estimate of drug-likeness (QED) is 0.483. The van der Waals surface area contributed by atoms with E-state index in [0.29, 0.717) is 0 Å². The zero-order valence-corrected chi connectivity index (χ0v) is 14.5. The van der Waals surface area contributed by atoms with Crippen LogP contribution >= 0.6 is 11.8 Å². The molecule has 0 amide bonds. The van der Waals surface area contributed by atoms with Gasteiger partial charge in [0.1, 0.15) is 29.9 Å². The predicted octanol–water partition coefficient (Wildman–Crippen LogP) is -4.35. The van der Waals surface area contributed by atoms with Crippen LogP contribution in [0.1, 0.15) is 5.56 Å². The number of rotatable bonds is 3. The molecule has 1 saturated heterocycles. The molecule has 0 aliphatic carbocycles. The maximum atomic E-state index is 10.9. The molecule has 110 valence electrons. The fourth-order valence-electron chi connectivity index (χ4n) is 1.89. The molecule has 3 N–H and O–H groups in total. The van der Waals surface area contributed by atoms with Gasteiger partial charge in [0.25, 0.3) is 0 Å². The molecule has 21 heavy (non-hydrogen) atoms. The van der Waals surface area contributed by atoms with Gasteiger partial charge in [-0.1, -0.05) is 29.5 Å². The van der Waals surface area contributed by atoms with Crippen LogP contribution in [0.3, 0.4) is 0 Å². The molecular weight excluding hydrogens is 307 g/mol. The van der Waals surface area contributed by atoms with Crippen LogP contribution in [-0.2, 0) is 9.53 Å². The number of aliphatic carboxylic acids is 1. The first kappa shape index (κ1) is 18.9. The number of hydrogen-bond acceptors (Lipinski definition) is 7. The summed E-state index contributed by atoms with van der Waals surface area (Å²) in [5, 5.41) is 39.9. The van der Waals surface area contributed by atoms with Gasteiger partial charge in [0, 0.05) is 4.90 Å². The smallest absolute Gasteiger partial charge is 0.547 e. The van der Waals surface area contributed by atoms with Crippen molar-refractivity contribution in [3.63, 3.8) is 0 Å². The number of aryl methyl sites for hydroxylation is 1. The number of carboxylic acid groups (broad SMARTS) is 1. The maximum Gasteiger partial charge on any atom is 1.00 e. The van der Waals surface area contributed by atoms with Crippen LogP contribution in [-0.4, -0.2) is 51.1 Å². The molecule has 0 bridgehead atoms. The van der Waals surface area contributed by atoms with Crippen molar-refractivity contribution in [2.45, 2.75) is 41.7 Å². The molecule has 2 rings (SSSR count). The van der Waals surface area contributed by atoms with Crippen molar-refractivity contribution in [1.82, 2.24) is 0 Å². The summed E-state index contributed by atoms with van der Waals surface area (Å²) in [5.41, 5.74) is 0.0570. The number of carbonyl (C=O) groups is 1.